The Morgan fingerprint density at radius 1 is 1.21 bits per heavy atom. The number of thioether (sulfide) groups is 1. The van der Waals surface area contributed by atoms with Gasteiger partial charge in [-0.25, -0.2) is 0 Å². The summed E-state index contributed by atoms with van der Waals surface area (Å²) in [6.07, 6.45) is 0. The van der Waals surface area contributed by atoms with Gasteiger partial charge in [-0.05, 0) is 11.1 Å². The zero-order valence-corrected chi connectivity index (χ0v) is 12.5. The van der Waals surface area contributed by atoms with Gasteiger partial charge in [0.25, 0.3) is 0 Å². The predicted molar refractivity (Wildman–Crippen MR) is 82.6 cm³/mol. The SMILES string of the molecule is COCc1ccccc1CNCCN1CCSCC1. The molecule has 0 saturated carbocycles. The first-order valence-electron chi connectivity index (χ1n) is 6.96. The molecule has 0 radical (unpaired) electrons. The van der Waals surface area contributed by atoms with E-state index in [-0.39, 0.29) is 0 Å². The Labute approximate surface area is 120 Å². The minimum absolute atomic E-state index is 0.696. The fourth-order valence-electron chi connectivity index (χ4n) is 2.31. The zero-order chi connectivity index (χ0) is 13.3. The van der Waals surface area contributed by atoms with Crippen LogP contribution in [0, 0.1) is 0 Å². The van der Waals surface area contributed by atoms with Crippen molar-refractivity contribution in [2.75, 3.05) is 44.8 Å². The van der Waals surface area contributed by atoms with E-state index in [0.29, 0.717) is 6.61 Å². The Bertz CT molecular complexity index is 367. The summed E-state index contributed by atoms with van der Waals surface area (Å²) in [5, 5.41) is 3.54. The van der Waals surface area contributed by atoms with Crippen molar-refractivity contribution in [3.05, 3.63) is 35.4 Å². The fraction of sp³-hybridized carbons (Fsp3) is 0.600. The van der Waals surface area contributed by atoms with Crippen LogP contribution in [0.5, 0.6) is 0 Å². The van der Waals surface area contributed by atoms with Crippen LogP contribution in [-0.4, -0.2) is 49.7 Å². The highest BCUT2D eigenvalue weighted by Gasteiger charge is 2.09. The summed E-state index contributed by atoms with van der Waals surface area (Å²) in [5.41, 5.74) is 2.63. The lowest BCUT2D eigenvalue weighted by Crippen LogP contribution is -2.37. The number of nitrogens with one attached hydrogen (secondary N) is 1. The van der Waals surface area contributed by atoms with Gasteiger partial charge in [0, 0.05) is 51.3 Å². The van der Waals surface area contributed by atoms with Crippen LogP contribution in [0.1, 0.15) is 11.1 Å². The normalized spacial score (nSPS) is 16.7. The molecule has 0 aliphatic carbocycles. The number of hydrogen-bond donors (Lipinski definition) is 1. The highest BCUT2D eigenvalue weighted by Crippen LogP contribution is 2.10. The van der Waals surface area contributed by atoms with Crippen LogP contribution in [0.2, 0.25) is 0 Å². The molecule has 2 rings (SSSR count). The van der Waals surface area contributed by atoms with Gasteiger partial charge in [0.15, 0.2) is 0 Å². The monoisotopic (exact) mass is 280 g/mol. The van der Waals surface area contributed by atoms with Gasteiger partial charge in [-0.2, -0.15) is 11.8 Å². The van der Waals surface area contributed by atoms with Crippen molar-refractivity contribution in [3.8, 4) is 0 Å². The summed E-state index contributed by atoms with van der Waals surface area (Å²) in [4.78, 5) is 2.55. The van der Waals surface area contributed by atoms with Crippen molar-refractivity contribution in [2.45, 2.75) is 13.2 Å². The van der Waals surface area contributed by atoms with E-state index in [0.717, 1.165) is 19.6 Å². The lowest BCUT2D eigenvalue weighted by Gasteiger charge is -2.26. The van der Waals surface area contributed by atoms with Crippen LogP contribution in [0.25, 0.3) is 0 Å². The fourth-order valence-corrected chi connectivity index (χ4v) is 3.29. The molecular weight excluding hydrogens is 256 g/mol. The quantitative estimate of drug-likeness (QED) is 0.772. The van der Waals surface area contributed by atoms with E-state index < -0.39 is 0 Å². The second kappa shape index (κ2) is 8.59. The first-order valence-corrected chi connectivity index (χ1v) is 8.12. The molecule has 1 aromatic carbocycles. The molecule has 0 unspecified atom stereocenters. The third-order valence-corrected chi connectivity index (χ3v) is 4.38. The largest absolute Gasteiger partial charge is 0.380 e. The third-order valence-electron chi connectivity index (χ3n) is 3.44. The van der Waals surface area contributed by atoms with Crippen molar-refractivity contribution in [3.63, 3.8) is 0 Å². The number of rotatable bonds is 7. The second-order valence-corrected chi connectivity index (χ2v) is 6.06. The first-order chi connectivity index (χ1) is 9.40. The van der Waals surface area contributed by atoms with Crippen molar-refractivity contribution in [1.82, 2.24) is 10.2 Å². The summed E-state index contributed by atoms with van der Waals surface area (Å²) >= 11 is 2.07. The minimum atomic E-state index is 0.696. The summed E-state index contributed by atoms with van der Waals surface area (Å²) in [6, 6.07) is 8.49. The maximum absolute atomic E-state index is 5.23. The van der Waals surface area contributed by atoms with Crippen molar-refractivity contribution in [1.29, 1.82) is 0 Å². The molecular formula is C15H24N2OS. The van der Waals surface area contributed by atoms with Gasteiger partial charge in [-0.1, -0.05) is 24.3 Å². The van der Waals surface area contributed by atoms with Gasteiger partial charge in [0.05, 0.1) is 6.61 Å². The molecule has 1 aliphatic rings. The summed E-state index contributed by atoms with van der Waals surface area (Å²) in [6.45, 7) is 6.33. The lowest BCUT2D eigenvalue weighted by molar-refractivity contribution is 0.184. The molecule has 1 saturated heterocycles. The molecule has 1 aromatic rings. The van der Waals surface area contributed by atoms with E-state index in [1.165, 1.54) is 35.7 Å². The van der Waals surface area contributed by atoms with E-state index in [2.05, 4.69) is 46.2 Å². The molecule has 3 nitrogen and oxygen atoms in total. The Balaban J connectivity index is 1.70. The molecule has 0 bridgehead atoms. The third kappa shape index (κ3) is 5.15. The molecule has 19 heavy (non-hydrogen) atoms. The summed E-state index contributed by atoms with van der Waals surface area (Å²) in [7, 11) is 1.75. The Morgan fingerprint density at radius 2 is 1.95 bits per heavy atom. The van der Waals surface area contributed by atoms with E-state index in [1.807, 2.05) is 0 Å². The van der Waals surface area contributed by atoms with Crippen LogP contribution in [0.4, 0.5) is 0 Å². The van der Waals surface area contributed by atoms with Crippen LogP contribution < -0.4 is 5.32 Å². The Kier molecular flexibility index (Phi) is 6.71. The molecule has 0 aromatic heterocycles. The van der Waals surface area contributed by atoms with Gasteiger partial charge >= 0.3 is 0 Å². The van der Waals surface area contributed by atoms with Crippen LogP contribution in [0.15, 0.2) is 24.3 Å². The number of hydrogen-bond acceptors (Lipinski definition) is 4. The van der Waals surface area contributed by atoms with Gasteiger partial charge in [-0.15, -0.1) is 0 Å². The molecule has 0 amide bonds. The maximum atomic E-state index is 5.23. The van der Waals surface area contributed by atoms with E-state index in [9.17, 15) is 0 Å². The smallest absolute Gasteiger partial charge is 0.0716 e. The van der Waals surface area contributed by atoms with Crippen molar-refractivity contribution >= 4 is 11.8 Å². The Hall–Kier alpha value is -0.550. The molecule has 1 aliphatic heterocycles. The first kappa shape index (κ1) is 14.9. The molecule has 0 spiro atoms. The molecule has 1 heterocycles. The van der Waals surface area contributed by atoms with E-state index in [4.69, 9.17) is 4.74 Å². The molecule has 106 valence electrons. The minimum Gasteiger partial charge on any atom is -0.380 e. The second-order valence-electron chi connectivity index (χ2n) is 4.83. The number of nitrogens with zero attached hydrogens (tertiary/aromatic N) is 1. The number of ether oxygens (including phenoxy) is 1. The zero-order valence-electron chi connectivity index (χ0n) is 11.7. The Morgan fingerprint density at radius 3 is 2.68 bits per heavy atom. The van der Waals surface area contributed by atoms with Gasteiger partial charge in [0.2, 0.25) is 0 Å². The predicted octanol–water partition coefficient (Wildman–Crippen LogP) is 1.97. The molecule has 4 heteroatoms. The average molecular weight is 280 g/mol. The van der Waals surface area contributed by atoms with Gasteiger partial charge in [-0.3, -0.25) is 0 Å². The van der Waals surface area contributed by atoms with E-state index >= 15 is 0 Å². The van der Waals surface area contributed by atoms with Crippen molar-refractivity contribution < 1.29 is 4.74 Å². The van der Waals surface area contributed by atoms with Crippen LogP contribution in [-0.2, 0) is 17.9 Å². The lowest BCUT2D eigenvalue weighted by atomic mass is 10.1. The highest BCUT2D eigenvalue weighted by atomic mass is 32.2. The molecule has 1 N–H and O–H groups in total. The maximum Gasteiger partial charge on any atom is 0.0716 e. The molecule has 1 fully saturated rings. The standard InChI is InChI=1S/C15H24N2OS/c1-18-13-15-5-3-2-4-14(15)12-16-6-7-17-8-10-19-11-9-17/h2-5,16H,6-13H2,1H3. The van der Waals surface area contributed by atoms with Crippen LogP contribution in [0.3, 0.4) is 0 Å². The summed E-state index contributed by atoms with van der Waals surface area (Å²) < 4.78 is 5.23. The van der Waals surface area contributed by atoms with Gasteiger partial charge < -0.3 is 15.0 Å². The topological polar surface area (TPSA) is 24.5 Å². The number of methoxy groups -OCH3 is 1. The average Bonchev–Trinajstić information content (AvgIpc) is 2.47. The number of benzene rings is 1. The van der Waals surface area contributed by atoms with Crippen LogP contribution >= 0.6 is 11.8 Å². The van der Waals surface area contributed by atoms with Crippen molar-refractivity contribution in [2.24, 2.45) is 0 Å². The van der Waals surface area contributed by atoms with E-state index in [1.54, 1.807) is 7.11 Å². The van der Waals surface area contributed by atoms with Gasteiger partial charge in [0.1, 0.15) is 0 Å². The highest BCUT2D eigenvalue weighted by molar-refractivity contribution is 7.99. The molecule has 0 atom stereocenters. The summed E-state index contributed by atoms with van der Waals surface area (Å²) in [5.74, 6) is 2.58.